The first-order chi connectivity index (χ1) is 11.7. The predicted octanol–water partition coefficient (Wildman–Crippen LogP) is 3.40. The van der Waals surface area contributed by atoms with Crippen molar-refractivity contribution in [1.29, 1.82) is 0 Å². The maximum atomic E-state index is 14.3. The Balaban J connectivity index is 1.73. The van der Waals surface area contributed by atoms with Crippen molar-refractivity contribution in [2.75, 3.05) is 30.4 Å². The highest BCUT2D eigenvalue weighted by Crippen LogP contribution is 2.27. The molecule has 1 aliphatic rings. The molecule has 0 saturated carbocycles. The minimum Gasteiger partial charge on any atom is -0.381 e. The first-order valence-corrected chi connectivity index (χ1v) is 8.27. The second kappa shape index (κ2) is 7.34. The Labute approximate surface area is 141 Å². The molecular weight excluding hydrogens is 305 g/mol. The molecule has 0 aliphatic carbocycles. The van der Waals surface area contributed by atoms with Crippen molar-refractivity contribution in [3.05, 3.63) is 59.4 Å². The number of nitrogens with one attached hydrogen (secondary N) is 2. The molecule has 1 amide bonds. The molecule has 3 rings (SSSR count). The van der Waals surface area contributed by atoms with Gasteiger partial charge in [-0.25, -0.2) is 4.39 Å². The van der Waals surface area contributed by atoms with Crippen molar-refractivity contribution < 1.29 is 9.18 Å². The lowest BCUT2D eigenvalue weighted by molar-refractivity contribution is 0.0963. The number of halogens is 1. The molecule has 0 radical (unpaired) electrons. The van der Waals surface area contributed by atoms with Crippen LogP contribution in [-0.4, -0.2) is 26.0 Å². The van der Waals surface area contributed by atoms with Crippen molar-refractivity contribution in [2.24, 2.45) is 0 Å². The van der Waals surface area contributed by atoms with E-state index in [1.165, 1.54) is 6.07 Å². The first kappa shape index (κ1) is 16.3. The lowest BCUT2D eigenvalue weighted by atomic mass is 10.1. The van der Waals surface area contributed by atoms with E-state index in [1.54, 1.807) is 25.2 Å². The van der Waals surface area contributed by atoms with E-state index in [-0.39, 0.29) is 11.7 Å². The summed E-state index contributed by atoms with van der Waals surface area (Å²) in [6.07, 6.45) is 2.31. The van der Waals surface area contributed by atoms with E-state index in [9.17, 15) is 9.18 Å². The molecule has 4 nitrogen and oxygen atoms in total. The minimum absolute atomic E-state index is 0.119. The minimum atomic E-state index is -0.186. The third kappa shape index (κ3) is 3.50. The normalized spacial score (nSPS) is 13.8. The fourth-order valence-electron chi connectivity index (χ4n) is 3.05. The number of hydrogen-bond donors (Lipinski definition) is 2. The van der Waals surface area contributed by atoms with Crippen LogP contribution in [0.5, 0.6) is 0 Å². The quantitative estimate of drug-likeness (QED) is 0.885. The summed E-state index contributed by atoms with van der Waals surface area (Å²) in [5.74, 6) is -0.305. The molecule has 0 atom stereocenters. The Hall–Kier alpha value is -2.56. The first-order valence-electron chi connectivity index (χ1n) is 8.27. The Morgan fingerprint density at radius 2 is 1.83 bits per heavy atom. The largest absolute Gasteiger partial charge is 0.381 e. The summed E-state index contributed by atoms with van der Waals surface area (Å²) in [6, 6.07) is 12.4. The maximum Gasteiger partial charge on any atom is 0.251 e. The molecule has 24 heavy (non-hydrogen) atoms. The number of carbonyl (C=O) groups is 1. The molecule has 2 aromatic rings. The second-order valence-electron chi connectivity index (χ2n) is 5.94. The summed E-state index contributed by atoms with van der Waals surface area (Å²) in [5, 5.41) is 5.84. The molecule has 2 N–H and O–H groups in total. The summed E-state index contributed by atoms with van der Waals surface area (Å²) < 4.78 is 14.3. The molecule has 1 aliphatic heterocycles. The molecular formula is C19H22FN3O. The summed E-state index contributed by atoms with van der Waals surface area (Å²) >= 11 is 0. The lowest BCUT2D eigenvalue weighted by Crippen LogP contribution is -2.20. The summed E-state index contributed by atoms with van der Waals surface area (Å²) in [4.78, 5) is 13.8. The Morgan fingerprint density at radius 3 is 2.50 bits per heavy atom. The van der Waals surface area contributed by atoms with E-state index in [2.05, 4.69) is 15.5 Å². The van der Waals surface area contributed by atoms with Crippen LogP contribution >= 0.6 is 0 Å². The zero-order valence-corrected chi connectivity index (χ0v) is 13.8. The lowest BCUT2D eigenvalue weighted by Gasteiger charge is -2.22. The summed E-state index contributed by atoms with van der Waals surface area (Å²) in [6.45, 7) is 2.38. The average Bonchev–Trinajstić information content (AvgIpc) is 3.15. The monoisotopic (exact) mass is 327 g/mol. The number of nitrogens with zero attached hydrogens (tertiary/aromatic N) is 1. The fraction of sp³-hybridized carbons (Fsp3) is 0.316. The van der Waals surface area contributed by atoms with Crippen LogP contribution in [0.15, 0.2) is 42.5 Å². The van der Waals surface area contributed by atoms with E-state index < -0.39 is 0 Å². The van der Waals surface area contributed by atoms with Crippen molar-refractivity contribution in [2.45, 2.75) is 19.4 Å². The molecule has 0 aromatic heterocycles. The Bertz CT molecular complexity index is 709. The molecule has 5 heteroatoms. The van der Waals surface area contributed by atoms with E-state index in [0.717, 1.165) is 37.3 Å². The Morgan fingerprint density at radius 1 is 1.12 bits per heavy atom. The van der Waals surface area contributed by atoms with Gasteiger partial charge in [0.05, 0.1) is 0 Å². The van der Waals surface area contributed by atoms with Crippen molar-refractivity contribution >= 4 is 17.3 Å². The van der Waals surface area contributed by atoms with Crippen molar-refractivity contribution in [1.82, 2.24) is 5.32 Å². The van der Waals surface area contributed by atoms with Gasteiger partial charge in [-0.2, -0.15) is 0 Å². The third-order valence-electron chi connectivity index (χ3n) is 4.38. The zero-order chi connectivity index (χ0) is 16.9. The molecule has 1 saturated heterocycles. The van der Waals surface area contributed by atoms with Gasteiger partial charge >= 0.3 is 0 Å². The fourth-order valence-corrected chi connectivity index (χ4v) is 3.05. The SMILES string of the molecule is CNC(=O)c1ccc(NCc2c(F)cccc2N2CCCC2)cc1. The topological polar surface area (TPSA) is 44.4 Å². The Kier molecular flexibility index (Phi) is 4.99. The van der Waals surface area contributed by atoms with E-state index in [4.69, 9.17) is 0 Å². The van der Waals surface area contributed by atoms with E-state index in [0.29, 0.717) is 17.7 Å². The van der Waals surface area contributed by atoms with Gasteiger partial charge in [-0.1, -0.05) is 6.07 Å². The van der Waals surface area contributed by atoms with Crippen LogP contribution in [-0.2, 0) is 6.54 Å². The number of anilines is 2. The van der Waals surface area contributed by atoms with Crippen LogP contribution in [0, 0.1) is 5.82 Å². The molecule has 0 bridgehead atoms. The maximum absolute atomic E-state index is 14.3. The van der Waals surface area contributed by atoms with Gasteiger partial charge < -0.3 is 15.5 Å². The van der Waals surface area contributed by atoms with Crippen LogP contribution in [0.2, 0.25) is 0 Å². The van der Waals surface area contributed by atoms with Gasteiger partial charge in [-0.3, -0.25) is 4.79 Å². The van der Waals surface area contributed by atoms with Gasteiger partial charge in [-0.05, 0) is 49.2 Å². The van der Waals surface area contributed by atoms with E-state index in [1.807, 2.05) is 18.2 Å². The predicted molar refractivity (Wildman–Crippen MR) is 95.0 cm³/mol. The average molecular weight is 327 g/mol. The van der Waals surface area contributed by atoms with Crippen LogP contribution < -0.4 is 15.5 Å². The molecule has 2 aromatic carbocycles. The third-order valence-corrected chi connectivity index (χ3v) is 4.38. The molecule has 0 unspecified atom stereocenters. The van der Waals surface area contributed by atoms with Gasteiger partial charge in [0.2, 0.25) is 0 Å². The van der Waals surface area contributed by atoms with Crippen molar-refractivity contribution in [3.8, 4) is 0 Å². The molecule has 1 heterocycles. The van der Waals surface area contributed by atoms with Crippen molar-refractivity contribution in [3.63, 3.8) is 0 Å². The van der Waals surface area contributed by atoms with Gasteiger partial charge in [0.15, 0.2) is 0 Å². The highest BCUT2D eigenvalue weighted by atomic mass is 19.1. The number of carbonyl (C=O) groups excluding carboxylic acids is 1. The van der Waals surface area contributed by atoms with Crippen LogP contribution in [0.3, 0.4) is 0 Å². The number of rotatable bonds is 5. The number of hydrogen-bond acceptors (Lipinski definition) is 3. The second-order valence-corrected chi connectivity index (χ2v) is 5.94. The van der Waals surface area contributed by atoms with Gasteiger partial charge in [0, 0.05) is 49.2 Å². The molecule has 126 valence electrons. The standard InChI is InChI=1S/C19H22FN3O/c1-21-19(24)14-7-9-15(10-8-14)22-13-16-17(20)5-4-6-18(16)23-11-2-3-12-23/h4-10,22H,2-3,11-13H2,1H3,(H,21,24). The smallest absolute Gasteiger partial charge is 0.251 e. The molecule has 1 fully saturated rings. The highest BCUT2D eigenvalue weighted by molar-refractivity contribution is 5.94. The zero-order valence-electron chi connectivity index (χ0n) is 13.8. The summed E-state index contributed by atoms with van der Waals surface area (Å²) in [7, 11) is 1.60. The van der Waals surface area contributed by atoms with Crippen LogP contribution in [0.4, 0.5) is 15.8 Å². The van der Waals surface area contributed by atoms with Gasteiger partial charge in [0.25, 0.3) is 5.91 Å². The highest BCUT2D eigenvalue weighted by Gasteiger charge is 2.17. The molecule has 0 spiro atoms. The van der Waals surface area contributed by atoms with Crippen LogP contribution in [0.1, 0.15) is 28.8 Å². The number of amides is 1. The van der Waals surface area contributed by atoms with Gasteiger partial charge in [-0.15, -0.1) is 0 Å². The number of benzene rings is 2. The van der Waals surface area contributed by atoms with E-state index >= 15 is 0 Å². The summed E-state index contributed by atoms with van der Waals surface area (Å²) in [5.41, 5.74) is 3.13. The van der Waals surface area contributed by atoms with Gasteiger partial charge in [0.1, 0.15) is 5.82 Å². The van der Waals surface area contributed by atoms with Crippen LogP contribution in [0.25, 0.3) is 0 Å².